The van der Waals surface area contributed by atoms with Crippen LogP contribution in [0.5, 0.6) is 0 Å². The lowest BCUT2D eigenvalue weighted by Gasteiger charge is -2.06. The second-order valence-corrected chi connectivity index (χ2v) is 4.36. The highest BCUT2D eigenvalue weighted by Crippen LogP contribution is 2.08. The summed E-state index contributed by atoms with van der Waals surface area (Å²) in [5.74, 6) is -0.0641. The molecule has 0 spiro atoms. The number of nitrogens with zero attached hydrogens (tertiary/aromatic N) is 1. The van der Waals surface area contributed by atoms with Crippen molar-refractivity contribution in [3.05, 3.63) is 52.0 Å². The Morgan fingerprint density at radius 3 is 2.94 bits per heavy atom. The molecule has 0 saturated carbocycles. The lowest BCUT2D eigenvalue weighted by Crippen LogP contribution is -2.22. The minimum atomic E-state index is -0.0641. The van der Waals surface area contributed by atoms with E-state index >= 15 is 0 Å². The van der Waals surface area contributed by atoms with E-state index in [1.165, 1.54) is 16.9 Å². The van der Waals surface area contributed by atoms with Crippen LogP contribution in [0.2, 0.25) is 0 Å². The molecule has 3 nitrogen and oxygen atoms in total. The average Bonchev–Trinajstić information content (AvgIpc) is 2.81. The molecule has 0 aliphatic carbocycles. The summed E-state index contributed by atoms with van der Waals surface area (Å²) in [6, 6.07) is 8.02. The zero-order valence-electron chi connectivity index (χ0n) is 8.93. The Kier molecular flexibility index (Phi) is 3.31. The van der Waals surface area contributed by atoms with Crippen molar-refractivity contribution in [1.82, 2.24) is 10.3 Å². The smallest absolute Gasteiger partial charge is 0.263 e. The normalized spacial score (nSPS) is 10.1. The standard InChI is InChI=1S/C12H12N2OS/c1-9-4-2-3-5-10(9)6-14-12(15)11-7-13-8-16-11/h2-5,7-8H,6H2,1H3,(H,14,15). The summed E-state index contributed by atoms with van der Waals surface area (Å²) in [5, 5.41) is 2.87. The Morgan fingerprint density at radius 2 is 2.25 bits per heavy atom. The third-order valence-electron chi connectivity index (χ3n) is 2.36. The summed E-state index contributed by atoms with van der Waals surface area (Å²) in [6.45, 7) is 2.59. The van der Waals surface area contributed by atoms with E-state index in [2.05, 4.69) is 10.3 Å². The molecule has 2 aromatic rings. The van der Waals surface area contributed by atoms with Gasteiger partial charge in [0, 0.05) is 6.54 Å². The van der Waals surface area contributed by atoms with Crippen LogP contribution >= 0.6 is 11.3 Å². The summed E-state index contributed by atoms with van der Waals surface area (Å²) in [7, 11) is 0. The van der Waals surface area contributed by atoms with Crippen LogP contribution < -0.4 is 5.32 Å². The largest absolute Gasteiger partial charge is 0.347 e. The van der Waals surface area contributed by atoms with Gasteiger partial charge in [-0.25, -0.2) is 0 Å². The molecule has 82 valence electrons. The van der Waals surface area contributed by atoms with Gasteiger partial charge in [0.15, 0.2) is 0 Å². The van der Waals surface area contributed by atoms with Crippen LogP contribution in [0.25, 0.3) is 0 Å². The highest BCUT2D eigenvalue weighted by atomic mass is 32.1. The van der Waals surface area contributed by atoms with Crippen LogP contribution in [-0.4, -0.2) is 10.9 Å². The number of rotatable bonds is 3. The van der Waals surface area contributed by atoms with Gasteiger partial charge in [-0.15, -0.1) is 11.3 Å². The summed E-state index contributed by atoms with van der Waals surface area (Å²) >= 11 is 1.35. The lowest BCUT2D eigenvalue weighted by atomic mass is 10.1. The Morgan fingerprint density at radius 1 is 1.44 bits per heavy atom. The predicted molar refractivity (Wildman–Crippen MR) is 64.5 cm³/mol. The minimum absolute atomic E-state index is 0.0641. The van der Waals surface area contributed by atoms with Gasteiger partial charge >= 0.3 is 0 Å². The van der Waals surface area contributed by atoms with Gasteiger partial charge in [-0.3, -0.25) is 9.78 Å². The van der Waals surface area contributed by atoms with Crippen LogP contribution in [0.15, 0.2) is 36.0 Å². The maximum atomic E-state index is 11.6. The number of hydrogen-bond donors (Lipinski definition) is 1. The second kappa shape index (κ2) is 4.90. The number of aromatic nitrogens is 1. The molecule has 0 bridgehead atoms. The van der Waals surface area contributed by atoms with Crippen molar-refractivity contribution in [2.75, 3.05) is 0 Å². The van der Waals surface area contributed by atoms with Gasteiger partial charge in [0.05, 0.1) is 11.7 Å². The molecule has 1 N–H and O–H groups in total. The molecule has 0 aliphatic rings. The average molecular weight is 232 g/mol. The highest BCUT2D eigenvalue weighted by molar-refractivity contribution is 7.11. The SMILES string of the molecule is Cc1ccccc1CNC(=O)c1cncs1. The number of hydrogen-bond acceptors (Lipinski definition) is 3. The number of benzene rings is 1. The van der Waals surface area contributed by atoms with E-state index in [0.717, 1.165) is 5.56 Å². The van der Waals surface area contributed by atoms with Crippen molar-refractivity contribution < 1.29 is 4.79 Å². The van der Waals surface area contributed by atoms with E-state index in [9.17, 15) is 4.79 Å². The predicted octanol–water partition coefficient (Wildman–Crippen LogP) is 2.38. The first kappa shape index (κ1) is 10.8. The highest BCUT2D eigenvalue weighted by Gasteiger charge is 2.06. The van der Waals surface area contributed by atoms with E-state index in [1.807, 2.05) is 31.2 Å². The molecular formula is C12H12N2OS. The maximum absolute atomic E-state index is 11.6. The Labute approximate surface area is 98.2 Å². The number of amides is 1. The molecule has 0 saturated heterocycles. The van der Waals surface area contributed by atoms with Gasteiger partial charge in [-0.1, -0.05) is 24.3 Å². The van der Waals surface area contributed by atoms with Gasteiger partial charge in [-0.2, -0.15) is 0 Å². The summed E-state index contributed by atoms with van der Waals surface area (Å²) in [6.07, 6.45) is 1.58. The lowest BCUT2D eigenvalue weighted by molar-refractivity contribution is 0.0954. The third kappa shape index (κ3) is 2.46. The zero-order chi connectivity index (χ0) is 11.4. The molecule has 16 heavy (non-hydrogen) atoms. The Bertz CT molecular complexity index is 480. The Hall–Kier alpha value is -1.68. The number of carbonyl (C=O) groups is 1. The fraction of sp³-hybridized carbons (Fsp3) is 0.167. The summed E-state index contributed by atoms with van der Waals surface area (Å²) in [4.78, 5) is 16.2. The van der Waals surface area contributed by atoms with Crippen LogP contribution in [0.3, 0.4) is 0 Å². The van der Waals surface area contributed by atoms with Crippen molar-refractivity contribution >= 4 is 17.2 Å². The summed E-state index contributed by atoms with van der Waals surface area (Å²) < 4.78 is 0. The molecule has 1 amide bonds. The van der Waals surface area contributed by atoms with Crippen LogP contribution in [-0.2, 0) is 6.54 Å². The molecule has 0 fully saturated rings. The van der Waals surface area contributed by atoms with Crippen molar-refractivity contribution in [1.29, 1.82) is 0 Å². The second-order valence-electron chi connectivity index (χ2n) is 3.47. The molecule has 0 unspecified atom stereocenters. The van der Waals surface area contributed by atoms with E-state index in [1.54, 1.807) is 11.7 Å². The topological polar surface area (TPSA) is 42.0 Å². The van der Waals surface area contributed by atoms with Gasteiger partial charge < -0.3 is 5.32 Å². The zero-order valence-corrected chi connectivity index (χ0v) is 9.75. The van der Waals surface area contributed by atoms with Crippen molar-refractivity contribution in [2.24, 2.45) is 0 Å². The van der Waals surface area contributed by atoms with E-state index in [4.69, 9.17) is 0 Å². The molecule has 0 aliphatic heterocycles. The van der Waals surface area contributed by atoms with Gasteiger partial charge in [-0.05, 0) is 18.1 Å². The van der Waals surface area contributed by atoms with Gasteiger partial charge in [0.25, 0.3) is 5.91 Å². The first-order chi connectivity index (χ1) is 7.77. The first-order valence-electron chi connectivity index (χ1n) is 4.98. The molecule has 0 atom stereocenters. The molecule has 0 radical (unpaired) electrons. The number of carbonyl (C=O) groups excluding carboxylic acids is 1. The van der Waals surface area contributed by atoms with Crippen LogP contribution in [0.1, 0.15) is 20.8 Å². The molecule has 1 aromatic carbocycles. The number of thiazole rings is 1. The number of nitrogens with one attached hydrogen (secondary N) is 1. The Balaban J connectivity index is 1.98. The van der Waals surface area contributed by atoms with E-state index < -0.39 is 0 Å². The van der Waals surface area contributed by atoms with Crippen LogP contribution in [0.4, 0.5) is 0 Å². The maximum Gasteiger partial charge on any atom is 0.263 e. The molecule has 1 aromatic heterocycles. The van der Waals surface area contributed by atoms with E-state index in [-0.39, 0.29) is 5.91 Å². The third-order valence-corrected chi connectivity index (χ3v) is 3.13. The summed E-state index contributed by atoms with van der Waals surface area (Å²) in [5.41, 5.74) is 3.98. The van der Waals surface area contributed by atoms with E-state index in [0.29, 0.717) is 11.4 Å². The molecular weight excluding hydrogens is 220 g/mol. The van der Waals surface area contributed by atoms with Gasteiger partial charge in [0.1, 0.15) is 4.88 Å². The van der Waals surface area contributed by atoms with Crippen molar-refractivity contribution in [2.45, 2.75) is 13.5 Å². The fourth-order valence-electron chi connectivity index (χ4n) is 1.40. The molecule has 1 heterocycles. The number of aryl methyl sites for hydroxylation is 1. The quantitative estimate of drug-likeness (QED) is 0.882. The molecule has 4 heteroatoms. The fourth-order valence-corrected chi connectivity index (χ4v) is 1.94. The minimum Gasteiger partial charge on any atom is -0.347 e. The first-order valence-corrected chi connectivity index (χ1v) is 5.86. The van der Waals surface area contributed by atoms with Crippen molar-refractivity contribution in [3.8, 4) is 0 Å². The molecule has 2 rings (SSSR count). The monoisotopic (exact) mass is 232 g/mol. The van der Waals surface area contributed by atoms with Crippen molar-refractivity contribution in [3.63, 3.8) is 0 Å². The van der Waals surface area contributed by atoms with Crippen LogP contribution in [0, 0.1) is 6.92 Å². The van der Waals surface area contributed by atoms with Gasteiger partial charge in [0.2, 0.25) is 0 Å².